The molecule has 0 aliphatic carbocycles. The van der Waals surface area contributed by atoms with Crippen molar-refractivity contribution in [3.63, 3.8) is 0 Å². The van der Waals surface area contributed by atoms with E-state index in [1.54, 1.807) is 0 Å². The first-order chi connectivity index (χ1) is 34.0. The van der Waals surface area contributed by atoms with Crippen molar-refractivity contribution in [2.24, 2.45) is 0 Å². The fraction of sp³-hybridized carbons (Fsp3) is 0.603. The van der Waals surface area contributed by atoms with Gasteiger partial charge < -0.3 is 14.2 Å². The second-order valence-corrected chi connectivity index (χ2v) is 17.7. The lowest BCUT2D eigenvalue weighted by Gasteiger charge is -2.18. The standard InChI is InChI=1S/C63H100O6/c1-4-7-10-13-16-19-22-25-28-30-31-33-36-38-41-44-47-50-53-56-62(65)68-59-60(69-63(66)57-54-51-48-45-42-39-34-27-24-21-18-15-12-9-6-3)58-67-61(64)55-52-49-46-43-40-37-35-32-29-26-23-20-17-14-11-8-5-2/h8,11,16-21,25-29,31,33-35,37-38,41,47,50,60H,4-7,9-10,12-15,22-24,30,32,36,39-40,42-46,48-49,51-59H2,1-3H3/b11-8-,19-16-,20-17-,21-18-,28-25-,29-26-,33-31-,34-27-,37-35-,41-38-,50-47-/t60-/m1/s1. The van der Waals surface area contributed by atoms with Gasteiger partial charge in [0.15, 0.2) is 6.10 Å². The van der Waals surface area contributed by atoms with Crippen LogP contribution >= 0.6 is 0 Å². The summed E-state index contributed by atoms with van der Waals surface area (Å²) in [6, 6.07) is 0. The van der Waals surface area contributed by atoms with Crippen molar-refractivity contribution >= 4 is 17.9 Å². The highest BCUT2D eigenvalue weighted by Crippen LogP contribution is 2.12. The highest BCUT2D eigenvalue weighted by Gasteiger charge is 2.19. The number of allylic oxidation sites excluding steroid dienone is 22. The fourth-order valence-corrected chi connectivity index (χ4v) is 6.97. The Morgan fingerprint density at radius 2 is 0.594 bits per heavy atom. The number of hydrogen-bond donors (Lipinski definition) is 0. The van der Waals surface area contributed by atoms with E-state index < -0.39 is 6.10 Å². The molecule has 0 saturated heterocycles. The number of hydrogen-bond acceptors (Lipinski definition) is 6. The molecule has 0 aromatic rings. The average molecular weight is 953 g/mol. The van der Waals surface area contributed by atoms with Gasteiger partial charge in [-0.15, -0.1) is 0 Å². The van der Waals surface area contributed by atoms with Crippen molar-refractivity contribution in [3.05, 3.63) is 134 Å². The van der Waals surface area contributed by atoms with Gasteiger partial charge in [0.2, 0.25) is 0 Å². The molecule has 0 aromatic heterocycles. The van der Waals surface area contributed by atoms with Crippen LogP contribution in [0.3, 0.4) is 0 Å². The maximum Gasteiger partial charge on any atom is 0.306 e. The van der Waals surface area contributed by atoms with Crippen molar-refractivity contribution in [3.8, 4) is 0 Å². The Kier molecular flexibility index (Phi) is 52.5. The molecule has 0 radical (unpaired) electrons. The largest absolute Gasteiger partial charge is 0.462 e. The topological polar surface area (TPSA) is 78.9 Å². The number of carbonyl (C=O) groups excluding carboxylic acids is 3. The Hall–Kier alpha value is -4.45. The van der Waals surface area contributed by atoms with E-state index in [2.05, 4.69) is 148 Å². The molecule has 0 spiro atoms. The normalized spacial score (nSPS) is 13.1. The summed E-state index contributed by atoms with van der Waals surface area (Å²) in [6.45, 7) is 6.36. The Labute approximate surface area is 424 Å². The van der Waals surface area contributed by atoms with Gasteiger partial charge in [-0.05, 0) is 128 Å². The van der Waals surface area contributed by atoms with Crippen LogP contribution in [0.5, 0.6) is 0 Å². The van der Waals surface area contributed by atoms with Gasteiger partial charge in [-0.1, -0.05) is 212 Å². The Balaban J connectivity index is 4.59. The second kappa shape index (κ2) is 56.1. The van der Waals surface area contributed by atoms with Gasteiger partial charge in [0.25, 0.3) is 0 Å². The number of esters is 3. The van der Waals surface area contributed by atoms with Crippen LogP contribution in [0.2, 0.25) is 0 Å². The van der Waals surface area contributed by atoms with E-state index in [0.717, 1.165) is 128 Å². The van der Waals surface area contributed by atoms with E-state index in [4.69, 9.17) is 14.2 Å². The number of rotatable bonds is 48. The number of ether oxygens (including phenoxy) is 3. The molecule has 0 rings (SSSR count). The Morgan fingerprint density at radius 3 is 0.971 bits per heavy atom. The second-order valence-electron chi connectivity index (χ2n) is 17.7. The smallest absolute Gasteiger partial charge is 0.306 e. The zero-order chi connectivity index (χ0) is 50.0. The van der Waals surface area contributed by atoms with Gasteiger partial charge in [-0.3, -0.25) is 14.4 Å². The van der Waals surface area contributed by atoms with E-state index in [9.17, 15) is 14.4 Å². The molecule has 0 aliphatic heterocycles. The third kappa shape index (κ3) is 54.4. The zero-order valence-electron chi connectivity index (χ0n) is 44.3. The maximum atomic E-state index is 12.8. The van der Waals surface area contributed by atoms with Gasteiger partial charge in [0.1, 0.15) is 13.2 Å². The van der Waals surface area contributed by atoms with Crippen LogP contribution < -0.4 is 0 Å². The van der Waals surface area contributed by atoms with Crippen LogP contribution in [-0.2, 0) is 28.6 Å². The van der Waals surface area contributed by atoms with E-state index in [0.29, 0.717) is 12.8 Å². The first kappa shape index (κ1) is 64.5. The molecule has 1 atom stereocenters. The summed E-state index contributed by atoms with van der Waals surface area (Å²) in [7, 11) is 0. The molecule has 388 valence electrons. The fourth-order valence-electron chi connectivity index (χ4n) is 6.97. The first-order valence-electron chi connectivity index (χ1n) is 27.7. The minimum atomic E-state index is -0.831. The summed E-state index contributed by atoms with van der Waals surface area (Å²) in [5.74, 6) is -1.05. The molecule has 0 aliphatic rings. The third-order valence-corrected chi connectivity index (χ3v) is 11.1. The average Bonchev–Trinajstić information content (AvgIpc) is 3.35. The van der Waals surface area contributed by atoms with Crippen LogP contribution in [-0.4, -0.2) is 37.2 Å². The quantitative estimate of drug-likeness (QED) is 0.0262. The molecule has 0 N–H and O–H groups in total. The lowest BCUT2D eigenvalue weighted by atomic mass is 10.1. The van der Waals surface area contributed by atoms with E-state index in [1.165, 1.54) is 51.4 Å². The molecular formula is C63H100O6. The van der Waals surface area contributed by atoms with Gasteiger partial charge in [0.05, 0.1) is 0 Å². The molecule has 0 bridgehead atoms. The third-order valence-electron chi connectivity index (χ3n) is 11.1. The van der Waals surface area contributed by atoms with Crippen LogP contribution in [0, 0.1) is 0 Å². The minimum absolute atomic E-state index is 0.124. The number of unbranched alkanes of at least 4 members (excludes halogenated alkanes) is 15. The van der Waals surface area contributed by atoms with E-state index >= 15 is 0 Å². The molecule has 69 heavy (non-hydrogen) atoms. The molecule has 0 aromatic carbocycles. The summed E-state index contributed by atoms with van der Waals surface area (Å²) >= 11 is 0. The maximum absolute atomic E-state index is 12.8. The zero-order valence-corrected chi connectivity index (χ0v) is 44.3. The van der Waals surface area contributed by atoms with Gasteiger partial charge >= 0.3 is 17.9 Å². The van der Waals surface area contributed by atoms with E-state index in [1.807, 2.05) is 6.08 Å². The molecule has 0 fully saturated rings. The van der Waals surface area contributed by atoms with Crippen LogP contribution in [0.1, 0.15) is 226 Å². The molecule has 0 saturated carbocycles. The highest BCUT2D eigenvalue weighted by molar-refractivity contribution is 5.71. The molecule has 0 unspecified atom stereocenters. The lowest BCUT2D eigenvalue weighted by Crippen LogP contribution is -2.30. The number of carbonyl (C=O) groups is 3. The van der Waals surface area contributed by atoms with Crippen LogP contribution in [0.4, 0.5) is 0 Å². The molecule has 0 amide bonds. The van der Waals surface area contributed by atoms with Gasteiger partial charge in [0, 0.05) is 19.3 Å². The molecule has 6 nitrogen and oxygen atoms in total. The SMILES string of the molecule is CC/C=C\C/C=C\C/C=C\C/C=C\CCCCCCC(=O)OC[C@H](COC(=O)CC/C=C\C/C=C\C/C=C\C/C=C\C/C=C\CCCCC)OC(=O)CCCCCCC/C=C\C/C=C\CCCCC. The summed E-state index contributed by atoms with van der Waals surface area (Å²) in [5.41, 5.74) is 0. The monoisotopic (exact) mass is 953 g/mol. The van der Waals surface area contributed by atoms with Crippen molar-refractivity contribution in [1.82, 2.24) is 0 Å². The molecule has 0 heterocycles. The first-order valence-corrected chi connectivity index (χ1v) is 27.7. The van der Waals surface area contributed by atoms with Crippen molar-refractivity contribution in [2.75, 3.05) is 13.2 Å². The highest BCUT2D eigenvalue weighted by atomic mass is 16.6. The molecular weight excluding hydrogens is 853 g/mol. The Morgan fingerprint density at radius 1 is 0.304 bits per heavy atom. The Bertz CT molecular complexity index is 1510. The summed E-state index contributed by atoms with van der Waals surface area (Å²) < 4.78 is 16.7. The van der Waals surface area contributed by atoms with Crippen LogP contribution in [0.25, 0.3) is 0 Å². The van der Waals surface area contributed by atoms with Crippen molar-refractivity contribution in [1.29, 1.82) is 0 Å². The van der Waals surface area contributed by atoms with Crippen LogP contribution in [0.15, 0.2) is 134 Å². The van der Waals surface area contributed by atoms with Crippen molar-refractivity contribution in [2.45, 2.75) is 232 Å². The van der Waals surface area contributed by atoms with Crippen molar-refractivity contribution < 1.29 is 28.6 Å². The minimum Gasteiger partial charge on any atom is -0.462 e. The summed E-state index contributed by atoms with van der Waals surface area (Å²) in [5, 5.41) is 0. The summed E-state index contributed by atoms with van der Waals surface area (Å²) in [4.78, 5) is 38.1. The van der Waals surface area contributed by atoms with E-state index in [-0.39, 0.29) is 44.0 Å². The van der Waals surface area contributed by atoms with Gasteiger partial charge in [-0.2, -0.15) is 0 Å². The lowest BCUT2D eigenvalue weighted by molar-refractivity contribution is -0.166. The summed E-state index contributed by atoms with van der Waals surface area (Å²) in [6.07, 6.45) is 78.7. The predicted octanol–water partition coefficient (Wildman–Crippen LogP) is 18.6. The predicted molar refractivity (Wildman–Crippen MR) is 297 cm³/mol. The molecule has 6 heteroatoms. The van der Waals surface area contributed by atoms with Gasteiger partial charge in [-0.25, -0.2) is 0 Å².